The summed E-state index contributed by atoms with van der Waals surface area (Å²) in [6.07, 6.45) is 4.25. The van der Waals surface area contributed by atoms with Crippen molar-refractivity contribution in [1.82, 2.24) is 0 Å². The molecule has 1 aliphatic heterocycles. The van der Waals surface area contributed by atoms with Crippen LogP contribution in [-0.4, -0.2) is 24.0 Å². The summed E-state index contributed by atoms with van der Waals surface area (Å²) in [6, 6.07) is 3.95. The molecule has 2 rings (SSSR count). The lowest BCUT2D eigenvalue weighted by molar-refractivity contribution is -0.384. The van der Waals surface area contributed by atoms with Crippen LogP contribution in [0.25, 0.3) is 0 Å². The number of benzene rings is 1. The second kappa shape index (κ2) is 5.69. The minimum absolute atomic E-state index is 0.162. The van der Waals surface area contributed by atoms with Crippen LogP contribution in [0.15, 0.2) is 18.2 Å². The zero-order valence-electron chi connectivity index (χ0n) is 10.5. The van der Waals surface area contributed by atoms with Gasteiger partial charge in [0.1, 0.15) is 5.69 Å². The SMILES string of the molecule is O=C([O-])c1ccc(N2CCCCCC2)c([N+](=O)[O-])c1. The number of carbonyl (C=O) groups excluding carboxylic acids is 1. The lowest BCUT2D eigenvalue weighted by Crippen LogP contribution is -2.26. The number of hydrogen-bond acceptors (Lipinski definition) is 5. The third kappa shape index (κ3) is 3.01. The summed E-state index contributed by atoms with van der Waals surface area (Å²) >= 11 is 0. The zero-order valence-corrected chi connectivity index (χ0v) is 10.5. The highest BCUT2D eigenvalue weighted by Crippen LogP contribution is 2.30. The summed E-state index contributed by atoms with van der Waals surface area (Å²) in [5.74, 6) is -1.40. The molecule has 1 aliphatic rings. The molecule has 6 nitrogen and oxygen atoms in total. The fourth-order valence-corrected chi connectivity index (χ4v) is 2.38. The second-order valence-corrected chi connectivity index (χ2v) is 4.65. The number of hydrogen-bond donors (Lipinski definition) is 0. The maximum absolute atomic E-state index is 11.1. The van der Waals surface area contributed by atoms with Crippen LogP contribution >= 0.6 is 0 Å². The van der Waals surface area contributed by atoms with Crippen LogP contribution in [0.5, 0.6) is 0 Å². The number of carboxylic acids is 1. The summed E-state index contributed by atoms with van der Waals surface area (Å²) in [5, 5.41) is 21.9. The molecular formula is C13H15N2O4-. The van der Waals surface area contributed by atoms with Gasteiger partial charge < -0.3 is 14.8 Å². The molecule has 0 atom stereocenters. The van der Waals surface area contributed by atoms with Gasteiger partial charge in [0.25, 0.3) is 5.69 Å². The molecule has 0 N–H and O–H groups in total. The summed E-state index contributed by atoms with van der Waals surface area (Å²) in [7, 11) is 0. The van der Waals surface area contributed by atoms with E-state index in [1.54, 1.807) is 0 Å². The predicted octanol–water partition coefficient (Wildman–Crippen LogP) is 1.34. The van der Waals surface area contributed by atoms with E-state index in [2.05, 4.69) is 0 Å². The van der Waals surface area contributed by atoms with Gasteiger partial charge in [-0.1, -0.05) is 18.9 Å². The first-order valence-electron chi connectivity index (χ1n) is 6.34. The van der Waals surface area contributed by atoms with E-state index in [0.717, 1.165) is 44.8 Å². The van der Waals surface area contributed by atoms with Crippen LogP contribution in [-0.2, 0) is 0 Å². The third-order valence-corrected chi connectivity index (χ3v) is 3.35. The minimum Gasteiger partial charge on any atom is -0.545 e. The van der Waals surface area contributed by atoms with E-state index in [1.807, 2.05) is 4.90 Å². The van der Waals surface area contributed by atoms with E-state index in [-0.39, 0.29) is 11.3 Å². The molecule has 0 saturated carbocycles. The Hall–Kier alpha value is -2.11. The predicted molar refractivity (Wildman–Crippen MR) is 68.1 cm³/mol. The molecule has 6 heteroatoms. The monoisotopic (exact) mass is 263 g/mol. The van der Waals surface area contributed by atoms with Crippen molar-refractivity contribution >= 4 is 17.3 Å². The Bertz CT molecular complexity index is 493. The maximum atomic E-state index is 11.1. The lowest BCUT2D eigenvalue weighted by Gasteiger charge is -2.22. The van der Waals surface area contributed by atoms with Gasteiger partial charge in [0.2, 0.25) is 0 Å². The van der Waals surface area contributed by atoms with Gasteiger partial charge in [-0.25, -0.2) is 0 Å². The van der Waals surface area contributed by atoms with E-state index in [1.165, 1.54) is 12.1 Å². The molecule has 0 aliphatic carbocycles. The summed E-state index contributed by atoms with van der Waals surface area (Å²) in [5.41, 5.74) is 0.172. The Balaban J connectivity index is 2.37. The fourth-order valence-electron chi connectivity index (χ4n) is 2.38. The standard InChI is InChI=1S/C13H16N2O4/c16-13(17)10-5-6-11(12(9-10)15(18)19)14-7-3-1-2-4-8-14/h5-6,9H,1-4,7-8H2,(H,16,17)/p-1. The van der Waals surface area contributed by atoms with E-state index in [9.17, 15) is 20.0 Å². The van der Waals surface area contributed by atoms with Crippen LogP contribution in [0, 0.1) is 10.1 Å². The van der Waals surface area contributed by atoms with Crippen molar-refractivity contribution in [1.29, 1.82) is 0 Å². The Morgan fingerprint density at radius 3 is 2.32 bits per heavy atom. The first-order chi connectivity index (χ1) is 9.09. The average Bonchev–Trinajstić information content (AvgIpc) is 2.66. The molecule has 1 aromatic rings. The smallest absolute Gasteiger partial charge is 0.293 e. The highest BCUT2D eigenvalue weighted by atomic mass is 16.6. The molecule has 0 unspecified atom stereocenters. The van der Waals surface area contributed by atoms with Crippen molar-refractivity contribution in [2.24, 2.45) is 0 Å². The average molecular weight is 263 g/mol. The fraction of sp³-hybridized carbons (Fsp3) is 0.462. The largest absolute Gasteiger partial charge is 0.545 e. The minimum atomic E-state index is -1.40. The van der Waals surface area contributed by atoms with Gasteiger partial charge in [0.15, 0.2) is 0 Å². The number of nitro groups is 1. The topological polar surface area (TPSA) is 86.5 Å². The molecule has 1 heterocycles. The summed E-state index contributed by atoms with van der Waals surface area (Å²) < 4.78 is 0. The highest BCUT2D eigenvalue weighted by molar-refractivity contribution is 5.88. The molecule has 0 bridgehead atoms. The van der Waals surface area contributed by atoms with Crippen LogP contribution in [0.2, 0.25) is 0 Å². The van der Waals surface area contributed by atoms with Crippen molar-refractivity contribution in [3.05, 3.63) is 33.9 Å². The number of nitrogens with zero attached hydrogens (tertiary/aromatic N) is 2. The van der Waals surface area contributed by atoms with Crippen molar-refractivity contribution in [2.75, 3.05) is 18.0 Å². The quantitative estimate of drug-likeness (QED) is 0.606. The molecule has 0 radical (unpaired) electrons. The van der Waals surface area contributed by atoms with Crippen LogP contribution in [0.1, 0.15) is 36.0 Å². The van der Waals surface area contributed by atoms with Gasteiger partial charge in [0, 0.05) is 24.7 Å². The van der Waals surface area contributed by atoms with E-state index in [0.29, 0.717) is 5.69 Å². The molecule has 0 spiro atoms. The van der Waals surface area contributed by atoms with Crippen LogP contribution in [0.3, 0.4) is 0 Å². The second-order valence-electron chi connectivity index (χ2n) is 4.65. The molecule has 1 saturated heterocycles. The van der Waals surface area contributed by atoms with E-state index in [4.69, 9.17) is 0 Å². The number of rotatable bonds is 3. The van der Waals surface area contributed by atoms with Crippen LogP contribution in [0.4, 0.5) is 11.4 Å². The van der Waals surface area contributed by atoms with Gasteiger partial charge in [-0.2, -0.15) is 0 Å². The Kier molecular flexibility index (Phi) is 3.99. The van der Waals surface area contributed by atoms with Crippen molar-refractivity contribution < 1.29 is 14.8 Å². The van der Waals surface area contributed by atoms with E-state index >= 15 is 0 Å². The van der Waals surface area contributed by atoms with Crippen LogP contribution < -0.4 is 10.0 Å². The molecule has 1 aromatic carbocycles. The third-order valence-electron chi connectivity index (χ3n) is 3.35. The Morgan fingerprint density at radius 1 is 1.16 bits per heavy atom. The Morgan fingerprint density at radius 2 is 1.79 bits per heavy atom. The number of aromatic carboxylic acids is 1. The van der Waals surface area contributed by atoms with E-state index < -0.39 is 10.9 Å². The van der Waals surface area contributed by atoms with Crippen molar-refractivity contribution in [2.45, 2.75) is 25.7 Å². The Labute approximate surface area is 110 Å². The summed E-state index contributed by atoms with van der Waals surface area (Å²) in [4.78, 5) is 23.3. The van der Waals surface area contributed by atoms with Gasteiger partial charge in [0.05, 0.1) is 10.9 Å². The molecule has 19 heavy (non-hydrogen) atoms. The molecule has 102 valence electrons. The molecule has 1 fully saturated rings. The van der Waals surface area contributed by atoms with Crippen molar-refractivity contribution in [3.8, 4) is 0 Å². The highest BCUT2D eigenvalue weighted by Gasteiger charge is 2.21. The first kappa shape index (κ1) is 13.3. The maximum Gasteiger partial charge on any atom is 0.293 e. The molecule has 0 aromatic heterocycles. The number of carboxylic acid groups (broad SMARTS) is 1. The number of nitro benzene ring substituents is 1. The normalized spacial score (nSPS) is 15.9. The van der Waals surface area contributed by atoms with Gasteiger partial charge in [-0.15, -0.1) is 0 Å². The summed E-state index contributed by atoms with van der Waals surface area (Å²) in [6.45, 7) is 1.54. The lowest BCUT2D eigenvalue weighted by atomic mass is 10.1. The van der Waals surface area contributed by atoms with Gasteiger partial charge >= 0.3 is 0 Å². The molecule has 0 amide bonds. The molecular weight excluding hydrogens is 248 g/mol. The number of carbonyl (C=O) groups is 1. The number of anilines is 1. The van der Waals surface area contributed by atoms with Crippen molar-refractivity contribution in [3.63, 3.8) is 0 Å². The van der Waals surface area contributed by atoms with Gasteiger partial charge in [-0.05, 0) is 18.9 Å². The zero-order chi connectivity index (χ0) is 13.8. The first-order valence-corrected chi connectivity index (χ1v) is 6.34. The van der Waals surface area contributed by atoms with Gasteiger partial charge in [-0.3, -0.25) is 10.1 Å².